The van der Waals surface area contributed by atoms with Crippen molar-refractivity contribution in [3.05, 3.63) is 11.3 Å². The zero-order valence-corrected chi connectivity index (χ0v) is 10.8. The molecule has 0 fully saturated rings. The smallest absolute Gasteiger partial charge is 0.213 e. The summed E-state index contributed by atoms with van der Waals surface area (Å²) >= 11 is 0. The van der Waals surface area contributed by atoms with Crippen molar-refractivity contribution in [3.8, 4) is 5.88 Å². The van der Waals surface area contributed by atoms with Gasteiger partial charge in [0.15, 0.2) is 0 Å². The normalized spacial score (nSPS) is 13.3. The summed E-state index contributed by atoms with van der Waals surface area (Å²) in [5.74, 6) is 0.285. The minimum Gasteiger partial charge on any atom is -0.493 e. The van der Waals surface area contributed by atoms with Crippen LogP contribution in [-0.4, -0.2) is 14.9 Å². The van der Waals surface area contributed by atoms with Crippen LogP contribution in [0.5, 0.6) is 5.88 Å². The summed E-state index contributed by atoms with van der Waals surface area (Å²) < 4.78 is 1.70. The fraction of sp³-hybridized carbons (Fsp3) is 0.750. The second kappa shape index (κ2) is 3.26. The van der Waals surface area contributed by atoms with E-state index in [1.807, 2.05) is 27.7 Å². The van der Waals surface area contributed by atoms with Crippen LogP contribution < -0.4 is 0 Å². The maximum absolute atomic E-state index is 10.0. The van der Waals surface area contributed by atoms with E-state index in [0.717, 1.165) is 11.3 Å². The highest BCUT2D eigenvalue weighted by molar-refractivity contribution is 5.33. The molecule has 3 heteroatoms. The van der Waals surface area contributed by atoms with Gasteiger partial charge >= 0.3 is 0 Å². The first-order chi connectivity index (χ1) is 6.55. The van der Waals surface area contributed by atoms with Crippen molar-refractivity contribution < 1.29 is 5.11 Å². The Bertz CT molecular complexity index is 330. The summed E-state index contributed by atoms with van der Waals surface area (Å²) in [6, 6.07) is 0. The van der Waals surface area contributed by atoms with Crippen molar-refractivity contribution in [1.29, 1.82) is 0 Å². The van der Waals surface area contributed by atoms with Gasteiger partial charge in [-0.15, -0.1) is 0 Å². The first-order valence-corrected chi connectivity index (χ1v) is 5.34. The van der Waals surface area contributed by atoms with Gasteiger partial charge < -0.3 is 5.11 Å². The zero-order valence-electron chi connectivity index (χ0n) is 10.8. The summed E-state index contributed by atoms with van der Waals surface area (Å²) in [7, 11) is 0. The molecule has 0 bridgehead atoms. The molecule has 0 saturated carbocycles. The molecule has 86 valence electrons. The number of hydrogen-bond acceptors (Lipinski definition) is 2. The Kier molecular flexibility index (Phi) is 2.62. The van der Waals surface area contributed by atoms with E-state index in [1.165, 1.54) is 0 Å². The molecular weight excluding hydrogens is 188 g/mol. The number of hydrogen-bond donors (Lipinski definition) is 1. The van der Waals surface area contributed by atoms with Crippen molar-refractivity contribution in [2.45, 2.75) is 59.4 Å². The van der Waals surface area contributed by atoms with Gasteiger partial charge in [-0.05, 0) is 27.7 Å². The first-order valence-electron chi connectivity index (χ1n) is 5.34. The van der Waals surface area contributed by atoms with E-state index >= 15 is 0 Å². The van der Waals surface area contributed by atoms with E-state index in [1.54, 1.807) is 4.68 Å². The van der Waals surface area contributed by atoms with Gasteiger partial charge in [-0.3, -0.25) is 0 Å². The molecule has 1 N–H and O–H groups in total. The monoisotopic (exact) mass is 210 g/mol. The van der Waals surface area contributed by atoms with Crippen molar-refractivity contribution in [2.75, 3.05) is 0 Å². The molecule has 1 heterocycles. The molecule has 0 amide bonds. The van der Waals surface area contributed by atoms with Gasteiger partial charge in [0.05, 0.1) is 11.2 Å². The Hall–Kier alpha value is -0.990. The Morgan fingerprint density at radius 2 is 1.53 bits per heavy atom. The van der Waals surface area contributed by atoms with Gasteiger partial charge in [-0.25, -0.2) is 4.68 Å². The molecule has 1 aromatic rings. The van der Waals surface area contributed by atoms with Crippen LogP contribution >= 0.6 is 0 Å². The quantitative estimate of drug-likeness (QED) is 0.715. The number of aromatic hydroxyl groups is 1. The van der Waals surface area contributed by atoms with Crippen LogP contribution in [0.1, 0.15) is 52.8 Å². The molecule has 0 saturated heterocycles. The molecule has 1 rings (SSSR count). The molecular formula is C12H22N2O. The fourth-order valence-corrected chi connectivity index (χ4v) is 1.67. The predicted octanol–water partition coefficient (Wildman–Crippen LogP) is 2.95. The predicted molar refractivity (Wildman–Crippen MR) is 62.3 cm³/mol. The Morgan fingerprint density at radius 3 is 1.73 bits per heavy atom. The molecule has 0 aromatic carbocycles. The molecule has 0 aliphatic heterocycles. The first kappa shape index (κ1) is 12.1. The van der Waals surface area contributed by atoms with Crippen LogP contribution in [0.2, 0.25) is 0 Å². The largest absolute Gasteiger partial charge is 0.493 e. The Balaban J connectivity index is 3.38. The standard InChI is InChI=1S/C12H22N2O/c1-8-9(11(2,3)4)13-14(10(8)15)12(5,6)7/h15H,1-7H3. The molecule has 0 aliphatic rings. The maximum Gasteiger partial charge on any atom is 0.213 e. The van der Waals surface area contributed by atoms with Gasteiger partial charge in [-0.2, -0.15) is 5.10 Å². The van der Waals surface area contributed by atoms with Gasteiger partial charge in [0.25, 0.3) is 0 Å². The van der Waals surface area contributed by atoms with Crippen LogP contribution in [0.4, 0.5) is 0 Å². The average molecular weight is 210 g/mol. The molecule has 0 aliphatic carbocycles. The number of aromatic nitrogens is 2. The van der Waals surface area contributed by atoms with Crippen LogP contribution in [0.3, 0.4) is 0 Å². The molecule has 3 nitrogen and oxygen atoms in total. The summed E-state index contributed by atoms with van der Waals surface area (Å²) in [5, 5.41) is 14.5. The maximum atomic E-state index is 10.0. The second-order valence-electron chi connectivity index (χ2n) is 6.13. The minimum atomic E-state index is -0.182. The highest BCUT2D eigenvalue weighted by Gasteiger charge is 2.28. The third-order valence-electron chi connectivity index (χ3n) is 2.44. The molecule has 0 atom stereocenters. The SMILES string of the molecule is Cc1c(C(C)(C)C)nn(C(C)(C)C)c1O. The molecule has 0 spiro atoms. The summed E-state index contributed by atoms with van der Waals surface area (Å²) in [5.41, 5.74) is 1.64. The number of rotatable bonds is 0. The van der Waals surface area contributed by atoms with Crippen molar-refractivity contribution in [2.24, 2.45) is 0 Å². The highest BCUT2D eigenvalue weighted by Crippen LogP contribution is 2.33. The topological polar surface area (TPSA) is 38.0 Å². The van der Waals surface area contributed by atoms with Crippen molar-refractivity contribution in [3.63, 3.8) is 0 Å². The Labute approximate surface area is 92.1 Å². The van der Waals surface area contributed by atoms with Crippen LogP contribution in [-0.2, 0) is 11.0 Å². The van der Waals surface area contributed by atoms with E-state index in [0.29, 0.717) is 0 Å². The summed E-state index contributed by atoms with van der Waals surface area (Å²) in [6.45, 7) is 14.3. The van der Waals surface area contributed by atoms with Crippen molar-refractivity contribution in [1.82, 2.24) is 9.78 Å². The van der Waals surface area contributed by atoms with Gasteiger partial charge in [0, 0.05) is 11.0 Å². The average Bonchev–Trinajstić information content (AvgIpc) is 2.26. The summed E-state index contributed by atoms with van der Waals surface area (Å²) in [6.07, 6.45) is 0. The van der Waals surface area contributed by atoms with Crippen LogP contribution in [0.15, 0.2) is 0 Å². The lowest BCUT2D eigenvalue weighted by molar-refractivity contribution is 0.291. The summed E-state index contributed by atoms with van der Waals surface area (Å²) in [4.78, 5) is 0. The third-order valence-corrected chi connectivity index (χ3v) is 2.44. The number of nitrogens with zero attached hydrogens (tertiary/aromatic N) is 2. The van der Waals surface area contributed by atoms with E-state index < -0.39 is 0 Å². The molecule has 15 heavy (non-hydrogen) atoms. The molecule has 1 aromatic heterocycles. The van der Waals surface area contributed by atoms with Crippen LogP contribution in [0.25, 0.3) is 0 Å². The lowest BCUT2D eigenvalue weighted by atomic mass is 9.90. The zero-order chi connectivity index (χ0) is 12.0. The minimum absolute atomic E-state index is 0.0297. The second-order valence-corrected chi connectivity index (χ2v) is 6.13. The third kappa shape index (κ3) is 2.16. The highest BCUT2D eigenvalue weighted by atomic mass is 16.3. The van der Waals surface area contributed by atoms with Gasteiger partial charge in [0.1, 0.15) is 0 Å². The van der Waals surface area contributed by atoms with E-state index in [9.17, 15) is 5.11 Å². The molecule has 0 unspecified atom stereocenters. The Morgan fingerprint density at radius 1 is 1.07 bits per heavy atom. The van der Waals surface area contributed by atoms with E-state index in [4.69, 9.17) is 0 Å². The van der Waals surface area contributed by atoms with Crippen molar-refractivity contribution >= 4 is 0 Å². The fourth-order valence-electron chi connectivity index (χ4n) is 1.67. The van der Waals surface area contributed by atoms with E-state index in [2.05, 4.69) is 25.9 Å². The lowest BCUT2D eigenvalue weighted by Gasteiger charge is -2.20. The lowest BCUT2D eigenvalue weighted by Crippen LogP contribution is -2.24. The van der Waals surface area contributed by atoms with Gasteiger partial charge in [-0.1, -0.05) is 20.8 Å². The molecule has 0 radical (unpaired) electrons. The van der Waals surface area contributed by atoms with Crippen LogP contribution in [0, 0.1) is 6.92 Å². The van der Waals surface area contributed by atoms with E-state index in [-0.39, 0.29) is 16.8 Å². The van der Waals surface area contributed by atoms with Gasteiger partial charge in [0.2, 0.25) is 5.88 Å².